The second-order valence-electron chi connectivity index (χ2n) is 5.38. The van der Waals surface area contributed by atoms with Crippen LogP contribution >= 0.6 is 0 Å². The van der Waals surface area contributed by atoms with Crippen LogP contribution in [-0.2, 0) is 13.5 Å². The number of aromatic nitrogens is 2. The van der Waals surface area contributed by atoms with Crippen molar-refractivity contribution in [2.75, 3.05) is 0 Å². The van der Waals surface area contributed by atoms with E-state index in [2.05, 4.69) is 30.1 Å². The van der Waals surface area contributed by atoms with Gasteiger partial charge in [-0.2, -0.15) is 0 Å². The van der Waals surface area contributed by atoms with Gasteiger partial charge in [-0.3, -0.25) is 0 Å². The first kappa shape index (κ1) is 13.8. The Bertz CT molecular complexity index is 756. The van der Waals surface area contributed by atoms with E-state index in [9.17, 15) is 5.11 Å². The first-order chi connectivity index (χ1) is 10.2. The van der Waals surface area contributed by atoms with Gasteiger partial charge < -0.3 is 9.67 Å². The Kier molecular flexibility index (Phi) is 3.76. The Morgan fingerprint density at radius 3 is 2.71 bits per heavy atom. The summed E-state index contributed by atoms with van der Waals surface area (Å²) in [6, 6.07) is 14.2. The summed E-state index contributed by atoms with van der Waals surface area (Å²) in [4.78, 5) is 4.44. The molecule has 0 amide bonds. The zero-order chi connectivity index (χ0) is 14.8. The van der Waals surface area contributed by atoms with Gasteiger partial charge in [0.2, 0.25) is 0 Å². The zero-order valence-electron chi connectivity index (χ0n) is 12.5. The third kappa shape index (κ3) is 2.45. The topological polar surface area (TPSA) is 38.1 Å². The second kappa shape index (κ2) is 5.70. The molecule has 3 nitrogen and oxygen atoms in total. The monoisotopic (exact) mass is 280 g/mol. The zero-order valence-corrected chi connectivity index (χ0v) is 12.5. The molecule has 0 spiro atoms. The van der Waals surface area contributed by atoms with Crippen LogP contribution < -0.4 is 0 Å². The number of aliphatic hydroxyl groups is 1. The maximum absolute atomic E-state index is 10.8. The lowest BCUT2D eigenvalue weighted by Crippen LogP contribution is -2.08. The van der Waals surface area contributed by atoms with Crippen molar-refractivity contribution in [3.05, 3.63) is 65.7 Å². The molecule has 0 aliphatic heterocycles. The average Bonchev–Trinajstić information content (AvgIpc) is 2.88. The lowest BCUT2D eigenvalue weighted by Gasteiger charge is -2.15. The minimum Gasteiger partial charge on any atom is -0.382 e. The fraction of sp³-hybridized carbons (Fsp3) is 0.278. The van der Waals surface area contributed by atoms with E-state index in [4.69, 9.17) is 0 Å². The van der Waals surface area contributed by atoms with Crippen molar-refractivity contribution in [3.63, 3.8) is 0 Å². The van der Waals surface area contributed by atoms with Crippen molar-refractivity contribution in [2.24, 2.45) is 7.05 Å². The number of hydrogen-bond donors (Lipinski definition) is 1. The largest absolute Gasteiger partial charge is 0.382 e. The fourth-order valence-corrected chi connectivity index (χ4v) is 2.82. The van der Waals surface area contributed by atoms with Gasteiger partial charge in [-0.1, -0.05) is 49.4 Å². The fourth-order valence-electron chi connectivity index (χ4n) is 2.82. The van der Waals surface area contributed by atoms with Crippen LogP contribution in [0.3, 0.4) is 0 Å². The van der Waals surface area contributed by atoms with Gasteiger partial charge >= 0.3 is 0 Å². The summed E-state index contributed by atoms with van der Waals surface area (Å²) in [5.74, 6) is 1.02. The van der Waals surface area contributed by atoms with Crippen molar-refractivity contribution >= 4 is 10.8 Å². The second-order valence-corrected chi connectivity index (χ2v) is 5.38. The predicted molar refractivity (Wildman–Crippen MR) is 85.2 cm³/mol. The summed E-state index contributed by atoms with van der Waals surface area (Å²) < 4.78 is 2.01. The molecule has 1 aromatic heterocycles. The van der Waals surface area contributed by atoms with Crippen LogP contribution in [0.5, 0.6) is 0 Å². The first-order valence-electron chi connectivity index (χ1n) is 7.38. The van der Waals surface area contributed by atoms with E-state index in [1.807, 2.05) is 35.9 Å². The Labute approximate surface area is 124 Å². The summed E-state index contributed by atoms with van der Waals surface area (Å²) in [6.07, 6.45) is 3.12. The molecule has 21 heavy (non-hydrogen) atoms. The van der Waals surface area contributed by atoms with Gasteiger partial charge in [0.1, 0.15) is 11.9 Å². The molecule has 1 atom stereocenters. The first-order valence-corrected chi connectivity index (χ1v) is 7.38. The Balaban J connectivity index is 2.06. The molecule has 0 saturated heterocycles. The minimum atomic E-state index is -0.654. The normalized spacial score (nSPS) is 12.7. The highest BCUT2D eigenvalue weighted by atomic mass is 16.3. The van der Waals surface area contributed by atoms with Crippen LogP contribution in [0.4, 0.5) is 0 Å². The number of aliphatic hydroxyl groups excluding tert-OH is 1. The maximum atomic E-state index is 10.8. The van der Waals surface area contributed by atoms with Crippen molar-refractivity contribution < 1.29 is 5.11 Å². The molecule has 0 fully saturated rings. The molecule has 0 saturated carbocycles. The smallest absolute Gasteiger partial charge is 0.121 e. The number of hydrogen-bond acceptors (Lipinski definition) is 2. The standard InChI is InChI=1S/C18H20N2O/c1-3-7-17-19-12-16(20(17)2)18(21)15-11-6-9-13-8-4-5-10-14(13)15/h4-6,8-12,18,21H,3,7H2,1-2H3/t18-/m0/s1. The molecule has 108 valence electrons. The molecule has 0 bridgehead atoms. The predicted octanol–water partition coefficient (Wildman–Crippen LogP) is 3.61. The molecule has 0 unspecified atom stereocenters. The summed E-state index contributed by atoms with van der Waals surface area (Å²) in [5, 5.41) is 13.0. The van der Waals surface area contributed by atoms with E-state index in [1.165, 1.54) is 0 Å². The van der Waals surface area contributed by atoms with Crippen LogP contribution in [0.2, 0.25) is 0 Å². The quantitative estimate of drug-likeness (QED) is 0.793. The highest BCUT2D eigenvalue weighted by Gasteiger charge is 2.18. The van der Waals surface area contributed by atoms with Crippen molar-refractivity contribution in [3.8, 4) is 0 Å². The van der Waals surface area contributed by atoms with Gasteiger partial charge in [-0.25, -0.2) is 4.98 Å². The Hall–Kier alpha value is -2.13. The van der Waals surface area contributed by atoms with Gasteiger partial charge in [-0.05, 0) is 22.8 Å². The molecule has 0 radical (unpaired) electrons. The average molecular weight is 280 g/mol. The summed E-state index contributed by atoms with van der Waals surface area (Å²) in [7, 11) is 1.97. The highest BCUT2D eigenvalue weighted by molar-refractivity contribution is 5.86. The summed E-state index contributed by atoms with van der Waals surface area (Å²) in [5.41, 5.74) is 1.77. The lowest BCUT2D eigenvalue weighted by atomic mass is 9.99. The van der Waals surface area contributed by atoms with Gasteiger partial charge in [0.25, 0.3) is 0 Å². The number of imidazole rings is 1. The summed E-state index contributed by atoms with van der Waals surface area (Å²) >= 11 is 0. The molecule has 3 aromatic rings. The van der Waals surface area contributed by atoms with Gasteiger partial charge in [0.15, 0.2) is 0 Å². The molecule has 3 heteroatoms. The van der Waals surface area contributed by atoms with Gasteiger partial charge in [0.05, 0.1) is 11.9 Å². The summed E-state index contributed by atoms with van der Waals surface area (Å²) in [6.45, 7) is 2.13. The van der Waals surface area contributed by atoms with E-state index < -0.39 is 6.10 Å². The van der Waals surface area contributed by atoms with Crippen LogP contribution in [0.15, 0.2) is 48.7 Å². The van der Waals surface area contributed by atoms with Crippen molar-refractivity contribution in [1.29, 1.82) is 0 Å². The molecule has 0 aliphatic rings. The molecule has 1 N–H and O–H groups in total. The van der Waals surface area contributed by atoms with E-state index >= 15 is 0 Å². The van der Waals surface area contributed by atoms with Crippen molar-refractivity contribution in [1.82, 2.24) is 9.55 Å². The molecular weight excluding hydrogens is 260 g/mol. The Morgan fingerprint density at radius 2 is 1.90 bits per heavy atom. The maximum Gasteiger partial charge on any atom is 0.121 e. The highest BCUT2D eigenvalue weighted by Crippen LogP contribution is 2.29. The lowest BCUT2D eigenvalue weighted by molar-refractivity contribution is 0.212. The molecule has 1 heterocycles. The Morgan fingerprint density at radius 1 is 1.14 bits per heavy atom. The van der Waals surface area contributed by atoms with Crippen LogP contribution in [0, 0.1) is 0 Å². The van der Waals surface area contributed by atoms with Crippen LogP contribution in [-0.4, -0.2) is 14.7 Å². The van der Waals surface area contributed by atoms with Gasteiger partial charge in [0, 0.05) is 13.5 Å². The van der Waals surface area contributed by atoms with Gasteiger partial charge in [-0.15, -0.1) is 0 Å². The van der Waals surface area contributed by atoms with E-state index in [1.54, 1.807) is 6.20 Å². The number of aryl methyl sites for hydroxylation is 1. The van der Waals surface area contributed by atoms with E-state index in [0.717, 1.165) is 40.7 Å². The van der Waals surface area contributed by atoms with E-state index in [-0.39, 0.29) is 0 Å². The number of benzene rings is 2. The number of rotatable bonds is 4. The number of nitrogens with zero attached hydrogens (tertiary/aromatic N) is 2. The van der Waals surface area contributed by atoms with E-state index in [0.29, 0.717) is 0 Å². The molecular formula is C18H20N2O. The third-order valence-corrected chi connectivity index (χ3v) is 3.99. The third-order valence-electron chi connectivity index (χ3n) is 3.99. The SMILES string of the molecule is CCCc1ncc([C@@H](O)c2cccc3ccccc23)n1C. The van der Waals surface area contributed by atoms with Crippen LogP contribution in [0.1, 0.15) is 36.5 Å². The number of fused-ring (bicyclic) bond motifs is 1. The van der Waals surface area contributed by atoms with Crippen LogP contribution in [0.25, 0.3) is 10.8 Å². The molecule has 3 rings (SSSR count). The van der Waals surface area contributed by atoms with Crippen molar-refractivity contribution in [2.45, 2.75) is 25.9 Å². The minimum absolute atomic E-state index is 0.654. The molecule has 0 aliphatic carbocycles. The molecule has 2 aromatic carbocycles.